The number of aliphatic hydroxyl groups excluding tert-OH is 2. The minimum Gasteiger partial charge on any atom is -1.00 e. The number of alkyl halides is 2. The third-order valence-corrected chi connectivity index (χ3v) is 7.95. The number of halogens is 3. The van der Waals surface area contributed by atoms with E-state index in [-0.39, 0.29) is 82.3 Å². The average Bonchev–Trinajstić information content (AvgIpc) is 3.32. The summed E-state index contributed by atoms with van der Waals surface area (Å²) in [4.78, 5) is 77.8. The molecule has 4 aromatic heterocycles. The SMILES string of the molecule is CC(C)(C)OC(=O)NC(CO)Cc1cncnc1.CO.COC(=O)C(Cc1cncnc1)NC(=O)OC(C)(C)C.COCC(Cc1cncnc1)NC(=O)OC(C)(C)C.COCC(N)Cc1cncnc1.Cl.ClCCl.[B].[H-].[Na+]. The molecule has 3 radical (unpaired) electrons. The molecule has 4 atom stereocenters. The van der Waals surface area contributed by atoms with Gasteiger partial charge < -0.3 is 61.7 Å². The van der Waals surface area contributed by atoms with E-state index in [1.54, 1.807) is 105 Å². The molecule has 0 aliphatic carbocycles. The summed E-state index contributed by atoms with van der Waals surface area (Å²) in [5.74, 6) is -0.556. The molecule has 0 bridgehead atoms. The number of aromatic nitrogens is 8. The molecule has 0 aliphatic heterocycles. The molecule has 0 aliphatic rings. The third-order valence-electron chi connectivity index (χ3n) is 7.95. The Morgan fingerprint density at radius 1 is 0.558 bits per heavy atom. The van der Waals surface area contributed by atoms with Gasteiger partial charge in [0.25, 0.3) is 0 Å². The zero-order valence-corrected chi connectivity index (χ0v) is 51.1. The second-order valence-corrected chi connectivity index (χ2v) is 19.0. The number of nitrogens with two attached hydrogens (primary N) is 1. The Morgan fingerprint density at radius 2 is 0.844 bits per heavy atom. The number of esters is 1. The van der Waals surface area contributed by atoms with Gasteiger partial charge >= 0.3 is 53.8 Å². The summed E-state index contributed by atoms with van der Waals surface area (Å²) in [6, 6.07) is -1.40. The number of methoxy groups -OCH3 is 3. The molecule has 0 fully saturated rings. The number of aliphatic hydroxyl groups is 2. The number of nitrogens with zero attached hydrogens (tertiary/aromatic N) is 8. The zero-order valence-electron chi connectivity index (χ0n) is 47.8. The summed E-state index contributed by atoms with van der Waals surface area (Å²) in [6.45, 7) is 16.8. The summed E-state index contributed by atoms with van der Waals surface area (Å²) in [5.41, 5.74) is 7.55. The van der Waals surface area contributed by atoms with Crippen molar-refractivity contribution in [2.45, 2.75) is 129 Å². The van der Waals surface area contributed by atoms with Crippen LogP contribution in [-0.4, -0.2) is 177 Å². The molecule has 4 unspecified atom stereocenters. The minimum atomic E-state index is -0.846. The molecule has 0 saturated heterocycles. The van der Waals surface area contributed by atoms with E-state index in [2.05, 4.69) is 60.6 Å². The van der Waals surface area contributed by atoms with E-state index < -0.39 is 53.1 Å². The molecule has 429 valence electrons. The number of ether oxygens (including phenoxy) is 6. The van der Waals surface area contributed by atoms with E-state index >= 15 is 0 Å². The van der Waals surface area contributed by atoms with E-state index in [1.165, 1.54) is 32.4 Å². The van der Waals surface area contributed by atoms with Crippen molar-refractivity contribution in [2.75, 3.05) is 53.6 Å². The topological polar surface area (TPSA) is 329 Å². The Labute approximate surface area is 495 Å². The number of carbonyl (C=O) groups excluding carboxylic acids is 4. The molecule has 7 N–H and O–H groups in total. The van der Waals surface area contributed by atoms with E-state index in [0.29, 0.717) is 31.6 Å². The number of rotatable bonds is 17. The first kappa shape index (κ1) is 81.2. The van der Waals surface area contributed by atoms with Crippen molar-refractivity contribution in [3.8, 4) is 0 Å². The van der Waals surface area contributed by atoms with Crippen LogP contribution in [0.25, 0.3) is 0 Å². The van der Waals surface area contributed by atoms with Gasteiger partial charge in [-0.3, -0.25) is 0 Å². The fraction of sp³-hybridized carbons (Fsp3) is 0.583. The Balaban J connectivity index is -0.000000214. The van der Waals surface area contributed by atoms with Crippen LogP contribution in [0.15, 0.2) is 74.9 Å². The maximum absolute atomic E-state index is 11.7. The minimum absolute atomic E-state index is 0. The van der Waals surface area contributed by atoms with Crippen molar-refractivity contribution in [2.24, 2.45) is 5.73 Å². The number of carbonyl (C=O) groups is 4. The van der Waals surface area contributed by atoms with Gasteiger partial charge in [-0.25, -0.2) is 59.0 Å². The van der Waals surface area contributed by atoms with Gasteiger partial charge in [0.1, 0.15) is 48.2 Å². The van der Waals surface area contributed by atoms with Crippen molar-refractivity contribution < 1.29 is 88.8 Å². The Hall–Kier alpha value is -4.67. The van der Waals surface area contributed by atoms with E-state index in [0.717, 1.165) is 30.2 Å². The van der Waals surface area contributed by atoms with Crippen LogP contribution in [0.4, 0.5) is 14.4 Å². The van der Waals surface area contributed by atoms with Gasteiger partial charge in [0.05, 0.1) is 44.4 Å². The second kappa shape index (κ2) is 47.3. The normalized spacial score (nSPS) is 11.7. The predicted molar refractivity (Wildman–Crippen MR) is 292 cm³/mol. The molecule has 0 saturated carbocycles. The third kappa shape index (κ3) is 48.2. The van der Waals surface area contributed by atoms with E-state index in [1.807, 2.05) is 20.8 Å². The zero-order chi connectivity index (χ0) is 56.6. The summed E-state index contributed by atoms with van der Waals surface area (Å²) < 4.78 is 30.1. The molecule has 4 rings (SSSR count). The van der Waals surface area contributed by atoms with Crippen LogP contribution in [0.1, 0.15) is 86.0 Å². The van der Waals surface area contributed by atoms with Crippen LogP contribution in [0.3, 0.4) is 0 Å². The largest absolute Gasteiger partial charge is 1.00 e. The number of alkyl carbamates (subject to hydrolysis) is 3. The van der Waals surface area contributed by atoms with Crippen LogP contribution in [0, 0.1) is 0 Å². The van der Waals surface area contributed by atoms with Crippen LogP contribution >= 0.6 is 35.6 Å². The smallest absolute Gasteiger partial charge is 1.00 e. The standard InChI is InChI=1S/C13H19N3O4.C13H21N3O3.C12H19N3O3.C8H13N3O.CH2Cl2.CH4O.B.ClH.Na.H/c1-13(2,3)20-12(18)16-10(11(17)19-4)5-9-6-14-8-15-7-9;1-13(2,3)19-12(17)16-11(8-18-4)5-10-6-14-9-15-7-10;1-12(2,3)18-11(17)15-10(7-16)4-9-5-13-8-14-6-9;1-12-5-8(9)2-7-3-10-6-11-4-7;2-1-3;1-2;;;;/h6-8,10H,5H2,1-4H3,(H,16,18);6-7,9,11H,5,8H2,1-4H3,(H,16,17);5-6,8,10,16H,4,7H2,1-3H3,(H,15,17);3-4,6,8H,2,5,9H2,1H3;1H2;2H,1H3;;1H;;/q;;;;;;;;+1;-1. The van der Waals surface area contributed by atoms with Gasteiger partial charge in [-0.15, -0.1) is 35.6 Å². The van der Waals surface area contributed by atoms with Gasteiger partial charge in [0.2, 0.25) is 0 Å². The quantitative estimate of drug-likeness (QED) is 0.0379. The van der Waals surface area contributed by atoms with Gasteiger partial charge in [0, 0.05) is 91.8 Å². The van der Waals surface area contributed by atoms with Crippen LogP contribution in [0.5, 0.6) is 0 Å². The fourth-order valence-electron chi connectivity index (χ4n) is 5.37. The molecule has 4 aromatic rings. The first-order valence-corrected chi connectivity index (χ1v) is 23.9. The molecule has 24 nitrogen and oxygen atoms in total. The Morgan fingerprint density at radius 3 is 1.14 bits per heavy atom. The number of amides is 3. The van der Waals surface area contributed by atoms with Crippen molar-refractivity contribution in [1.82, 2.24) is 55.8 Å². The summed E-state index contributed by atoms with van der Waals surface area (Å²) >= 11 is 9.53. The summed E-state index contributed by atoms with van der Waals surface area (Å²) in [5, 5.41) is 24.3. The van der Waals surface area contributed by atoms with Gasteiger partial charge in [0.15, 0.2) is 0 Å². The molecular weight excluding hydrogens is 1080 g/mol. The molecule has 4 heterocycles. The van der Waals surface area contributed by atoms with Crippen LogP contribution in [-0.2, 0) is 58.9 Å². The Bertz CT molecular complexity index is 2070. The van der Waals surface area contributed by atoms with E-state index in [9.17, 15) is 24.3 Å². The molecule has 3 amide bonds. The van der Waals surface area contributed by atoms with Gasteiger partial charge in [-0.05, 0) is 104 Å². The fourth-order valence-corrected chi connectivity index (χ4v) is 5.37. The maximum Gasteiger partial charge on any atom is 1.00 e. The van der Waals surface area contributed by atoms with Crippen molar-refractivity contribution >= 4 is 68.3 Å². The van der Waals surface area contributed by atoms with Crippen molar-refractivity contribution in [3.63, 3.8) is 0 Å². The average molecular weight is 1160 g/mol. The van der Waals surface area contributed by atoms with Gasteiger partial charge in [-0.2, -0.15) is 0 Å². The number of nitrogens with one attached hydrogen (secondary N) is 3. The first-order valence-electron chi connectivity index (χ1n) is 22.8. The number of hydrogen-bond acceptors (Lipinski definition) is 21. The molecule has 0 aromatic carbocycles. The molecule has 0 spiro atoms. The van der Waals surface area contributed by atoms with Crippen LogP contribution < -0.4 is 51.2 Å². The molecule has 77 heavy (non-hydrogen) atoms. The Kier molecular flexibility index (Phi) is 49.9. The maximum atomic E-state index is 11.7. The molecule has 29 heteroatoms. The summed E-state index contributed by atoms with van der Waals surface area (Å²) in [7, 11) is 5.49. The number of hydrogen-bond donors (Lipinski definition) is 6. The van der Waals surface area contributed by atoms with Crippen molar-refractivity contribution in [3.05, 3.63) is 97.1 Å². The predicted octanol–water partition coefficient (Wildman–Crippen LogP) is 1.73. The second-order valence-electron chi connectivity index (χ2n) is 18.2. The first-order chi connectivity index (χ1) is 34.9. The monoisotopic (exact) mass is 1160 g/mol. The van der Waals surface area contributed by atoms with Crippen LogP contribution in [0.2, 0.25) is 0 Å². The summed E-state index contributed by atoms with van der Waals surface area (Å²) in [6.07, 6.45) is 19.5. The van der Waals surface area contributed by atoms with E-state index in [4.69, 9.17) is 57.7 Å². The van der Waals surface area contributed by atoms with Gasteiger partial charge in [-0.1, -0.05) is 0 Å². The van der Waals surface area contributed by atoms with Crippen molar-refractivity contribution in [1.29, 1.82) is 0 Å². The molecular formula is C48H80BCl3N12NaO12.